The lowest BCUT2D eigenvalue weighted by Crippen LogP contribution is -2.29. The molecule has 0 unspecified atom stereocenters. The van der Waals surface area contributed by atoms with E-state index in [1.165, 1.54) is 24.3 Å². The van der Waals surface area contributed by atoms with Crippen LogP contribution in [0.1, 0.15) is 48.8 Å². The fraction of sp³-hybridized carbons (Fsp3) is 0.250. The zero-order valence-corrected chi connectivity index (χ0v) is 28.1. The highest BCUT2D eigenvalue weighted by molar-refractivity contribution is 6.31. The molecular weight excluding hydrogens is 637 g/mol. The molecule has 0 aliphatic heterocycles. The Balaban J connectivity index is 1.29. The number of nitrogens with zero attached hydrogens (tertiary/aromatic N) is 3. The van der Waals surface area contributed by atoms with Gasteiger partial charge in [0.1, 0.15) is 40.5 Å². The number of nitrogens with one attached hydrogen (secondary N) is 2. The van der Waals surface area contributed by atoms with Crippen LogP contribution in [-0.2, 0) is 25.1 Å². The summed E-state index contributed by atoms with van der Waals surface area (Å²) in [5.41, 5.74) is 3.27. The fourth-order valence-corrected chi connectivity index (χ4v) is 5.20. The lowest BCUT2D eigenvalue weighted by Gasteiger charge is -2.16. The number of hydrogen-bond donors (Lipinski definition) is 3. The van der Waals surface area contributed by atoms with Crippen molar-refractivity contribution in [2.75, 3.05) is 12.4 Å². The zero-order valence-electron chi connectivity index (χ0n) is 27.3. The molecule has 0 radical (unpaired) electrons. The minimum atomic E-state index is -0.537. The lowest BCUT2D eigenvalue weighted by atomic mass is 9.92. The van der Waals surface area contributed by atoms with Crippen LogP contribution in [0.2, 0.25) is 5.02 Å². The van der Waals surface area contributed by atoms with Crippen molar-refractivity contribution in [3.05, 3.63) is 128 Å². The van der Waals surface area contributed by atoms with Crippen LogP contribution >= 0.6 is 11.6 Å². The molecule has 0 aliphatic rings. The number of ether oxygens (including phenoxy) is 2. The summed E-state index contributed by atoms with van der Waals surface area (Å²) >= 11 is 6.47. The SMILES string of the molecule is COc1cccc(Cn2c(C)cc(OCc3ccc(F)cc3CNC(=O)Nc3cc(C(C)(C)C)nn3-c3ccc(O)cc3)c(Cl)c2=O)c1. The van der Waals surface area contributed by atoms with E-state index in [9.17, 15) is 19.1 Å². The molecule has 0 bridgehead atoms. The van der Waals surface area contributed by atoms with E-state index in [1.807, 2.05) is 45.0 Å². The second-order valence-corrected chi connectivity index (χ2v) is 12.7. The number of rotatable bonds is 10. The summed E-state index contributed by atoms with van der Waals surface area (Å²) in [6, 6.07) is 21.0. The van der Waals surface area contributed by atoms with E-state index in [-0.39, 0.29) is 35.1 Å². The molecule has 0 saturated carbocycles. The standard InChI is InChI=1S/C36H37ClFN5O5/c1-22-15-30(33(37)34(45)42(22)20-23-7-6-8-29(16-23)47-5)48-21-24-9-10-26(38)17-25(24)19-39-35(46)40-32-18-31(36(2,3)4)41-43(32)27-11-13-28(44)14-12-27/h6-18,44H,19-21H2,1-5H3,(H2,39,40,46). The molecule has 5 aromatic rings. The molecule has 3 aromatic carbocycles. The number of urea groups is 1. The molecule has 10 nitrogen and oxygen atoms in total. The first-order valence-corrected chi connectivity index (χ1v) is 15.6. The Kier molecular flexibility index (Phi) is 10.1. The summed E-state index contributed by atoms with van der Waals surface area (Å²) in [6.45, 7) is 8.07. The van der Waals surface area contributed by atoms with Gasteiger partial charge in [-0.2, -0.15) is 5.10 Å². The second-order valence-electron chi connectivity index (χ2n) is 12.3. The maximum Gasteiger partial charge on any atom is 0.320 e. The van der Waals surface area contributed by atoms with Crippen molar-refractivity contribution >= 4 is 23.4 Å². The first-order chi connectivity index (χ1) is 22.8. The number of carbonyl (C=O) groups is 1. The van der Waals surface area contributed by atoms with Crippen LogP contribution in [0, 0.1) is 12.7 Å². The van der Waals surface area contributed by atoms with Crippen molar-refractivity contribution in [3.63, 3.8) is 0 Å². The van der Waals surface area contributed by atoms with E-state index < -0.39 is 17.4 Å². The second kappa shape index (κ2) is 14.2. The number of aryl methyl sites for hydroxylation is 1. The Morgan fingerprint density at radius 2 is 1.77 bits per heavy atom. The third kappa shape index (κ3) is 7.98. The number of hydrogen-bond acceptors (Lipinski definition) is 6. The van der Waals surface area contributed by atoms with Crippen LogP contribution in [0.4, 0.5) is 15.0 Å². The summed E-state index contributed by atoms with van der Waals surface area (Å²) in [4.78, 5) is 26.3. The maximum absolute atomic E-state index is 14.3. The molecule has 12 heteroatoms. The summed E-state index contributed by atoms with van der Waals surface area (Å²) in [6.07, 6.45) is 0. The van der Waals surface area contributed by atoms with E-state index in [0.717, 1.165) is 11.3 Å². The number of carbonyl (C=O) groups excluding carboxylic acids is 1. The van der Waals surface area contributed by atoms with Gasteiger partial charge in [-0.1, -0.05) is 50.6 Å². The molecule has 48 heavy (non-hydrogen) atoms. The molecule has 2 aromatic heterocycles. The molecule has 2 amide bonds. The average molecular weight is 674 g/mol. The summed E-state index contributed by atoms with van der Waals surface area (Å²) in [5.74, 6) is 0.915. The maximum atomic E-state index is 14.3. The Bertz CT molecular complexity index is 2000. The fourth-order valence-electron chi connectivity index (χ4n) is 4.99. The summed E-state index contributed by atoms with van der Waals surface area (Å²) in [7, 11) is 1.58. The summed E-state index contributed by atoms with van der Waals surface area (Å²) in [5, 5.41) is 19.9. The zero-order chi connectivity index (χ0) is 34.6. The van der Waals surface area contributed by atoms with Gasteiger partial charge in [-0.25, -0.2) is 13.9 Å². The monoisotopic (exact) mass is 673 g/mol. The van der Waals surface area contributed by atoms with Crippen LogP contribution in [-0.4, -0.2) is 32.6 Å². The van der Waals surface area contributed by atoms with Crippen LogP contribution < -0.4 is 25.7 Å². The largest absolute Gasteiger partial charge is 0.508 e. The normalized spacial score (nSPS) is 11.3. The van der Waals surface area contributed by atoms with E-state index in [4.69, 9.17) is 21.1 Å². The molecule has 0 spiro atoms. The van der Waals surface area contributed by atoms with Gasteiger partial charge in [0.05, 0.1) is 25.0 Å². The van der Waals surface area contributed by atoms with Gasteiger partial charge in [-0.05, 0) is 72.1 Å². The molecule has 0 fully saturated rings. The van der Waals surface area contributed by atoms with Crippen molar-refractivity contribution < 1.29 is 23.8 Å². The third-order valence-electron chi connectivity index (χ3n) is 7.69. The highest BCUT2D eigenvalue weighted by Crippen LogP contribution is 2.28. The van der Waals surface area contributed by atoms with Gasteiger partial charge in [-0.3, -0.25) is 10.1 Å². The highest BCUT2D eigenvalue weighted by atomic mass is 35.5. The topological polar surface area (TPSA) is 120 Å². The lowest BCUT2D eigenvalue weighted by molar-refractivity contribution is 0.251. The predicted octanol–water partition coefficient (Wildman–Crippen LogP) is 7.10. The molecule has 2 heterocycles. The van der Waals surface area contributed by atoms with Gasteiger partial charge in [0.25, 0.3) is 5.56 Å². The predicted molar refractivity (Wildman–Crippen MR) is 183 cm³/mol. The van der Waals surface area contributed by atoms with Gasteiger partial charge in [-0.15, -0.1) is 0 Å². The molecule has 250 valence electrons. The summed E-state index contributed by atoms with van der Waals surface area (Å²) < 4.78 is 28.7. The van der Waals surface area contributed by atoms with Crippen molar-refractivity contribution in [1.82, 2.24) is 19.7 Å². The highest BCUT2D eigenvalue weighted by Gasteiger charge is 2.22. The van der Waals surface area contributed by atoms with Gasteiger partial charge < -0.3 is 24.5 Å². The Labute approximate surface area is 282 Å². The van der Waals surface area contributed by atoms with E-state index >= 15 is 0 Å². The van der Waals surface area contributed by atoms with Crippen LogP contribution in [0.3, 0.4) is 0 Å². The van der Waals surface area contributed by atoms with E-state index in [2.05, 4.69) is 15.7 Å². The van der Waals surface area contributed by atoms with E-state index in [0.29, 0.717) is 40.6 Å². The smallest absolute Gasteiger partial charge is 0.320 e. The minimum absolute atomic E-state index is 0.0172. The number of pyridine rings is 1. The van der Waals surface area contributed by atoms with Crippen LogP contribution in [0.15, 0.2) is 83.7 Å². The number of benzene rings is 3. The van der Waals surface area contributed by atoms with Gasteiger partial charge in [0.15, 0.2) is 0 Å². The number of phenolic OH excluding ortho intramolecular Hbond substituents is 1. The van der Waals surface area contributed by atoms with Crippen molar-refractivity contribution in [1.29, 1.82) is 0 Å². The molecule has 0 aliphatic carbocycles. The number of methoxy groups -OCH3 is 1. The number of anilines is 1. The Morgan fingerprint density at radius 3 is 2.48 bits per heavy atom. The first kappa shape index (κ1) is 34.1. The minimum Gasteiger partial charge on any atom is -0.508 e. The molecule has 3 N–H and O–H groups in total. The van der Waals surface area contributed by atoms with Crippen LogP contribution in [0.25, 0.3) is 5.69 Å². The molecule has 0 atom stereocenters. The quantitative estimate of drug-likeness (QED) is 0.146. The molecule has 5 rings (SSSR count). The Morgan fingerprint density at radius 1 is 1.02 bits per heavy atom. The van der Waals surface area contributed by atoms with Gasteiger partial charge in [0, 0.05) is 29.8 Å². The first-order valence-electron chi connectivity index (χ1n) is 15.2. The number of aromatic hydroxyl groups is 1. The van der Waals surface area contributed by atoms with Crippen molar-refractivity contribution in [3.8, 4) is 22.9 Å². The number of amides is 2. The average Bonchev–Trinajstić information content (AvgIpc) is 3.48. The van der Waals surface area contributed by atoms with E-state index in [1.54, 1.807) is 53.6 Å². The number of phenols is 1. The van der Waals surface area contributed by atoms with Gasteiger partial charge in [0.2, 0.25) is 0 Å². The van der Waals surface area contributed by atoms with Crippen molar-refractivity contribution in [2.45, 2.75) is 52.8 Å². The molecular formula is C36H37ClFN5O5. The van der Waals surface area contributed by atoms with Crippen molar-refractivity contribution in [2.24, 2.45) is 0 Å². The Hall–Kier alpha value is -5.29. The van der Waals surface area contributed by atoms with Crippen LogP contribution in [0.5, 0.6) is 17.2 Å². The third-order valence-corrected chi connectivity index (χ3v) is 8.04. The van der Waals surface area contributed by atoms with Gasteiger partial charge >= 0.3 is 6.03 Å². The molecule has 0 saturated heterocycles. The number of aromatic nitrogens is 3. The number of halogens is 2.